The van der Waals surface area contributed by atoms with Gasteiger partial charge in [-0.3, -0.25) is 9.62 Å². The molecule has 8 heteroatoms. The van der Waals surface area contributed by atoms with E-state index in [4.69, 9.17) is 4.74 Å². The first-order chi connectivity index (χ1) is 15.8. The third-order valence-corrected chi connectivity index (χ3v) is 7.75. The molecule has 33 heavy (non-hydrogen) atoms. The minimum atomic E-state index is -1.24. The summed E-state index contributed by atoms with van der Waals surface area (Å²) in [6.07, 6.45) is 1.79. The first kappa shape index (κ1) is 21.6. The van der Waals surface area contributed by atoms with Crippen molar-refractivity contribution in [2.45, 2.75) is 37.9 Å². The number of hydrogen-bond acceptors (Lipinski definition) is 5. The Morgan fingerprint density at radius 3 is 2.39 bits per heavy atom. The lowest BCUT2D eigenvalue weighted by Crippen LogP contribution is -2.37. The Hall–Kier alpha value is -3.26. The number of carbonyl (C=O) groups excluding carboxylic acids is 1. The van der Waals surface area contributed by atoms with E-state index in [1.807, 2.05) is 45.0 Å². The Morgan fingerprint density at radius 2 is 1.76 bits per heavy atom. The van der Waals surface area contributed by atoms with Gasteiger partial charge in [0.25, 0.3) is 0 Å². The lowest BCUT2D eigenvalue weighted by atomic mass is 9.98. The van der Waals surface area contributed by atoms with Crippen LogP contribution in [0.25, 0.3) is 11.1 Å². The third kappa shape index (κ3) is 3.99. The highest BCUT2D eigenvalue weighted by Crippen LogP contribution is 2.44. The number of aromatic nitrogens is 2. The van der Waals surface area contributed by atoms with Gasteiger partial charge in [-0.1, -0.05) is 48.5 Å². The fourth-order valence-electron chi connectivity index (χ4n) is 4.40. The summed E-state index contributed by atoms with van der Waals surface area (Å²) in [5.74, 6) is 0.727. The van der Waals surface area contributed by atoms with Gasteiger partial charge in [0.1, 0.15) is 23.4 Å². The molecule has 0 saturated carbocycles. The normalized spacial score (nSPS) is 15.5. The predicted octanol–water partition coefficient (Wildman–Crippen LogP) is 4.66. The Kier molecular flexibility index (Phi) is 5.40. The standard InChI is InChI=1S/C25H26N4O3S/c1-25(2,3)33(31)29-13-12-16-14-26-23(27-22(16)29)28-24(30)32-15-21-19-10-6-4-8-17(19)18-9-5-7-11-20(18)21/h4-11,14,21H,12-13,15H2,1-3H3,(H,26,27,28,30). The molecule has 1 N–H and O–H groups in total. The zero-order valence-electron chi connectivity index (χ0n) is 18.9. The van der Waals surface area contributed by atoms with E-state index in [1.54, 1.807) is 10.5 Å². The van der Waals surface area contributed by atoms with Crippen molar-refractivity contribution < 1.29 is 13.7 Å². The summed E-state index contributed by atoms with van der Waals surface area (Å²) in [5.41, 5.74) is 5.58. The zero-order valence-corrected chi connectivity index (χ0v) is 19.7. The van der Waals surface area contributed by atoms with Crippen LogP contribution in [0.5, 0.6) is 0 Å². The van der Waals surface area contributed by atoms with Crippen LogP contribution in [0.4, 0.5) is 16.6 Å². The molecule has 1 amide bonds. The highest BCUT2D eigenvalue weighted by atomic mass is 32.2. The highest BCUT2D eigenvalue weighted by Gasteiger charge is 2.33. The molecule has 0 bridgehead atoms. The summed E-state index contributed by atoms with van der Waals surface area (Å²) in [6, 6.07) is 16.4. The molecule has 1 aliphatic carbocycles. The van der Waals surface area contributed by atoms with E-state index in [1.165, 1.54) is 11.1 Å². The minimum absolute atomic E-state index is 0.0196. The van der Waals surface area contributed by atoms with Crippen LogP contribution < -0.4 is 9.62 Å². The summed E-state index contributed by atoms with van der Waals surface area (Å²) in [5, 5.41) is 2.63. The Labute approximate surface area is 195 Å². The van der Waals surface area contributed by atoms with Crippen LogP contribution in [0.15, 0.2) is 54.7 Å². The SMILES string of the molecule is CC(C)(C)S(=O)N1CCc2cnc(NC(=O)OCC3c4ccccc4-c4ccccc43)nc21. The van der Waals surface area contributed by atoms with E-state index in [9.17, 15) is 9.00 Å². The number of benzene rings is 2. The number of carbonyl (C=O) groups is 1. The van der Waals surface area contributed by atoms with Gasteiger partial charge >= 0.3 is 6.09 Å². The number of nitrogens with zero attached hydrogens (tertiary/aromatic N) is 3. The van der Waals surface area contributed by atoms with Crippen molar-refractivity contribution in [2.75, 3.05) is 22.8 Å². The topological polar surface area (TPSA) is 84.4 Å². The van der Waals surface area contributed by atoms with Crippen molar-refractivity contribution in [3.8, 4) is 11.1 Å². The molecule has 1 aromatic heterocycles. The number of rotatable bonds is 4. The van der Waals surface area contributed by atoms with Gasteiger partial charge in [0.05, 0.1) is 4.75 Å². The third-order valence-electron chi connectivity index (χ3n) is 5.94. The van der Waals surface area contributed by atoms with Gasteiger partial charge < -0.3 is 4.74 Å². The first-order valence-electron chi connectivity index (χ1n) is 11.0. The van der Waals surface area contributed by atoms with Gasteiger partial charge in [0, 0.05) is 24.2 Å². The Bertz CT molecular complexity index is 1210. The molecule has 1 unspecified atom stereocenters. The number of nitrogens with one attached hydrogen (secondary N) is 1. The smallest absolute Gasteiger partial charge is 0.414 e. The highest BCUT2D eigenvalue weighted by molar-refractivity contribution is 7.87. The van der Waals surface area contributed by atoms with Crippen molar-refractivity contribution in [1.29, 1.82) is 0 Å². The largest absolute Gasteiger partial charge is 0.448 e. The van der Waals surface area contributed by atoms with Crippen LogP contribution in [0.1, 0.15) is 43.4 Å². The van der Waals surface area contributed by atoms with E-state index >= 15 is 0 Å². The van der Waals surface area contributed by atoms with Gasteiger partial charge in [-0.15, -0.1) is 0 Å². The molecule has 7 nitrogen and oxygen atoms in total. The Morgan fingerprint density at radius 1 is 1.12 bits per heavy atom. The van der Waals surface area contributed by atoms with E-state index < -0.39 is 21.8 Å². The quantitative estimate of drug-likeness (QED) is 0.610. The molecule has 2 aliphatic rings. The number of anilines is 2. The molecule has 0 saturated heterocycles. The van der Waals surface area contributed by atoms with E-state index in [-0.39, 0.29) is 18.5 Å². The van der Waals surface area contributed by atoms with Crippen LogP contribution in [-0.2, 0) is 22.1 Å². The molecule has 0 fully saturated rings. The van der Waals surface area contributed by atoms with Crippen molar-refractivity contribution in [3.05, 3.63) is 71.4 Å². The van der Waals surface area contributed by atoms with Crippen LogP contribution >= 0.6 is 0 Å². The molecule has 2 heterocycles. The van der Waals surface area contributed by atoms with Crippen molar-refractivity contribution >= 4 is 28.8 Å². The van der Waals surface area contributed by atoms with Crippen LogP contribution in [0.3, 0.4) is 0 Å². The maximum absolute atomic E-state index is 12.9. The van der Waals surface area contributed by atoms with Crippen molar-refractivity contribution in [2.24, 2.45) is 0 Å². The zero-order chi connectivity index (χ0) is 23.2. The van der Waals surface area contributed by atoms with Gasteiger partial charge in [-0.2, -0.15) is 4.98 Å². The van der Waals surface area contributed by atoms with Gasteiger partial charge in [0.15, 0.2) is 0 Å². The number of ether oxygens (including phenoxy) is 1. The van der Waals surface area contributed by atoms with Crippen molar-refractivity contribution in [1.82, 2.24) is 9.97 Å². The maximum atomic E-state index is 12.9. The summed E-state index contributed by atoms with van der Waals surface area (Å²) in [7, 11) is -1.24. The molecule has 0 radical (unpaired) electrons. The van der Waals surface area contributed by atoms with Gasteiger partial charge in [-0.05, 0) is 49.4 Å². The molecule has 3 aromatic rings. The first-order valence-corrected chi connectivity index (χ1v) is 12.1. The van der Waals surface area contributed by atoms with Crippen LogP contribution in [-0.4, -0.2) is 38.2 Å². The molecule has 2 aromatic carbocycles. The van der Waals surface area contributed by atoms with Gasteiger partial charge in [0.2, 0.25) is 5.95 Å². The van der Waals surface area contributed by atoms with Crippen molar-refractivity contribution in [3.63, 3.8) is 0 Å². The number of fused-ring (bicyclic) bond motifs is 4. The van der Waals surface area contributed by atoms with E-state index in [2.05, 4.69) is 39.6 Å². The molecule has 5 rings (SSSR count). The molecule has 1 atom stereocenters. The summed E-state index contributed by atoms with van der Waals surface area (Å²) in [6.45, 7) is 6.61. The van der Waals surface area contributed by atoms with Crippen LogP contribution in [0.2, 0.25) is 0 Å². The second-order valence-corrected chi connectivity index (χ2v) is 11.4. The number of amides is 1. The second-order valence-electron chi connectivity index (χ2n) is 9.21. The fraction of sp³-hybridized carbons (Fsp3) is 0.320. The predicted molar refractivity (Wildman–Crippen MR) is 130 cm³/mol. The molecular formula is C25H26N4O3S. The maximum Gasteiger partial charge on any atom is 0.414 e. The lowest BCUT2D eigenvalue weighted by Gasteiger charge is -2.26. The van der Waals surface area contributed by atoms with Crippen LogP contribution in [0, 0.1) is 0 Å². The summed E-state index contributed by atoms with van der Waals surface area (Å²) in [4.78, 5) is 21.3. The van der Waals surface area contributed by atoms with Gasteiger partial charge in [-0.25, -0.2) is 14.0 Å². The monoisotopic (exact) mass is 462 g/mol. The lowest BCUT2D eigenvalue weighted by molar-refractivity contribution is 0.158. The number of hydrogen-bond donors (Lipinski definition) is 1. The molecule has 170 valence electrons. The molecular weight excluding hydrogens is 436 g/mol. The average Bonchev–Trinajstić information content (AvgIpc) is 3.35. The minimum Gasteiger partial charge on any atom is -0.448 e. The summed E-state index contributed by atoms with van der Waals surface area (Å²) < 4.78 is 19.8. The second kappa shape index (κ2) is 8.26. The average molecular weight is 463 g/mol. The Balaban J connectivity index is 1.29. The van der Waals surface area contributed by atoms with E-state index in [0.29, 0.717) is 12.4 Å². The molecule has 1 aliphatic heterocycles. The summed E-state index contributed by atoms with van der Waals surface area (Å²) >= 11 is 0. The fourth-order valence-corrected chi connectivity index (χ4v) is 5.63. The molecule has 0 spiro atoms. The van der Waals surface area contributed by atoms with E-state index in [0.717, 1.165) is 23.1 Å².